The Morgan fingerprint density at radius 1 is 1.09 bits per heavy atom. The number of fused-ring (bicyclic) bond motifs is 1. The minimum Gasteiger partial charge on any atom is -0.493 e. The molecule has 0 aliphatic rings. The van der Waals surface area contributed by atoms with E-state index in [2.05, 4.69) is 66.7 Å². The molecule has 1 amide bonds. The van der Waals surface area contributed by atoms with Crippen LogP contribution in [0.15, 0.2) is 61.2 Å². The van der Waals surface area contributed by atoms with Crippen LogP contribution >= 0.6 is 0 Å². The monoisotopic (exact) mass is 433 g/mol. The van der Waals surface area contributed by atoms with E-state index in [9.17, 15) is 4.79 Å². The van der Waals surface area contributed by atoms with Crippen LogP contribution in [-0.4, -0.2) is 28.6 Å². The van der Waals surface area contributed by atoms with Crippen molar-refractivity contribution in [3.05, 3.63) is 72.6 Å². The zero-order valence-corrected chi connectivity index (χ0v) is 19.3. The van der Waals surface area contributed by atoms with Gasteiger partial charge >= 0.3 is 0 Å². The summed E-state index contributed by atoms with van der Waals surface area (Å²) in [6, 6.07) is 16.6. The third-order valence-electron chi connectivity index (χ3n) is 5.62. The maximum absolute atomic E-state index is 11.2. The van der Waals surface area contributed by atoms with Gasteiger partial charge in [-0.3, -0.25) is 4.79 Å². The number of nitrogens with one attached hydrogen (secondary N) is 1. The van der Waals surface area contributed by atoms with Crippen LogP contribution in [0, 0.1) is 0 Å². The van der Waals surface area contributed by atoms with Gasteiger partial charge in [-0.1, -0.05) is 57.2 Å². The smallest absolute Gasteiger partial charge is 0.243 e. The Labute approximate surface area is 191 Å². The average Bonchev–Trinajstić information content (AvgIpc) is 3.16. The largest absolute Gasteiger partial charge is 0.493 e. The third kappa shape index (κ3) is 6.46. The molecule has 0 atom stereocenters. The Morgan fingerprint density at radius 2 is 1.88 bits per heavy atom. The number of imidazole rings is 1. The Hall–Kier alpha value is -3.08. The number of ether oxygens (including phenoxy) is 1. The van der Waals surface area contributed by atoms with Gasteiger partial charge in [0.05, 0.1) is 17.6 Å². The van der Waals surface area contributed by atoms with E-state index in [1.807, 2.05) is 12.1 Å². The predicted octanol–water partition coefficient (Wildman–Crippen LogP) is 5.64. The molecule has 0 saturated heterocycles. The first-order valence-electron chi connectivity index (χ1n) is 11.7. The zero-order chi connectivity index (χ0) is 22.8. The first-order chi connectivity index (χ1) is 15.6. The van der Waals surface area contributed by atoms with Crippen molar-refractivity contribution in [3.8, 4) is 5.75 Å². The van der Waals surface area contributed by atoms with E-state index in [1.165, 1.54) is 17.2 Å². The van der Waals surface area contributed by atoms with Crippen molar-refractivity contribution in [1.82, 2.24) is 14.9 Å². The highest BCUT2D eigenvalue weighted by Gasteiger charge is 2.11. The van der Waals surface area contributed by atoms with Crippen molar-refractivity contribution in [2.75, 3.05) is 13.2 Å². The number of unbranched alkanes of at least 4 members (excludes halogenated alkanes) is 2. The molecule has 0 fully saturated rings. The molecule has 0 aliphatic carbocycles. The maximum Gasteiger partial charge on any atom is 0.243 e. The molecule has 0 aliphatic heterocycles. The lowest BCUT2D eigenvalue weighted by atomic mass is 10.0. The molecule has 170 valence electrons. The topological polar surface area (TPSA) is 56.2 Å². The molecule has 32 heavy (non-hydrogen) atoms. The van der Waals surface area contributed by atoms with E-state index in [0.717, 1.165) is 55.7 Å². The lowest BCUT2D eigenvalue weighted by Crippen LogP contribution is -2.21. The summed E-state index contributed by atoms with van der Waals surface area (Å²) in [4.78, 5) is 16.1. The van der Waals surface area contributed by atoms with Gasteiger partial charge in [0.15, 0.2) is 0 Å². The molecule has 3 rings (SSSR count). The SMILES string of the molecule is C=CC(=O)NCCCCCc1nc2ccccc2n1CCCOc1ccccc1C(C)C. The number of hydrogen-bond donors (Lipinski definition) is 1. The zero-order valence-electron chi connectivity index (χ0n) is 19.3. The maximum atomic E-state index is 11.2. The standard InChI is InChI=1S/C27H35N3O2/c1-4-27(31)28-18-11-5-6-17-26-29-23-14-8-9-15-24(23)30(26)19-12-20-32-25-16-10-7-13-22(25)21(2)3/h4,7-10,13-16,21H,1,5-6,11-12,17-20H2,2-3H3,(H,28,31). The van der Waals surface area contributed by atoms with Crippen molar-refractivity contribution in [2.45, 2.75) is 58.4 Å². The second kappa shape index (κ2) is 12.1. The number of rotatable bonds is 13. The highest BCUT2D eigenvalue weighted by atomic mass is 16.5. The first kappa shape index (κ1) is 23.6. The fourth-order valence-corrected chi connectivity index (χ4v) is 3.93. The van der Waals surface area contributed by atoms with Crippen LogP contribution in [-0.2, 0) is 17.8 Å². The third-order valence-corrected chi connectivity index (χ3v) is 5.62. The molecule has 1 N–H and O–H groups in total. The molecule has 0 saturated carbocycles. The number of para-hydroxylation sites is 3. The van der Waals surface area contributed by atoms with Gasteiger partial charge < -0.3 is 14.6 Å². The normalized spacial score (nSPS) is 11.1. The molecule has 0 unspecified atom stereocenters. The summed E-state index contributed by atoms with van der Waals surface area (Å²) >= 11 is 0. The number of nitrogens with zero attached hydrogens (tertiary/aromatic N) is 2. The Balaban J connectivity index is 1.55. The molecular formula is C27H35N3O2. The summed E-state index contributed by atoms with van der Waals surface area (Å²) in [5.74, 6) is 2.45. The van der Waals surface area contributed by atoms with Crippen molar-refractivity contribution in [2.24, 2.45) is 0 Å². The van der Waals surface area contributed by atoms with Gasteiger partial charge in [-0.05, 0) is 55.0 Å². The minimum absolute atomic E-state index is 0.106. The number of aromatic nitrogens is 2. The highest BCUT2D eigenvalue weighted by molar-refractivity contribution is 5.86. The second-order valence-corrected chi connectivity index (χ2v) is 8.37. The molecule has 0 radical (unpaired) electrons. The van der Waals surface area contributed by atoms with Gasteiger partial charge in [0, 0.05) is 19.5 Å². The number of carbonyl (C=O) groups excluding carboxylic acids is 1. The summed E-state index contributed by atoms with van der Waals surface area (Å²) in [6.07, 6.45) is 6.23. The molecule has 2 aromatic carbocycles. The summed E-state index contributed by atoms with van der Waals surface area (Å²) < 4.78 is 8.47. The van der Waals surface area contributed by atoms with Gasteiger partial charge in [0.25, 0.3) is 0 Å². The molecular weight excluding hydrogens is 398 g/mol. The Kier molecular flexibility index (Phi) is 8.90. The average molecular weight is 434 g/mol. The number of aryl methyl sites for hydroxylation is 2. The van der Waals surface area contributed by atoms with Gasteiger partial charge in [0.1, 0.15) is 11.6 Å². The van der Waals surface area contributed by atoms with Crippen molar-refractivity contribution in [3.63, 3.8) is 0 Å². The molecule has 5 heteroatoms. The van der Waals surface area contributed by atoms with Gasteiger partial charge in [-0.2, -0.15) is 0 Å². The Bertz CT molecular complexity index is 1020. The molecule has 1 aromatic heterocycles. The number of benzene rings is 2. The molecule has 1 heterocycles. The van der Waals surface area contributed by atoms with Crippen LogP contribution in [0.1, 0.15) is 56.8 Å². The minimum atomic E-state index is -0.106. The van der Waals surface area contributed by atoms with E-state index >= 15 is 0 Å². The summed E-state index contributed by atoms with van der Waals surface area (Å²) in [6.45, 7) is 10.1. The van der Waals surface area contributed by atoms with Crippen LogP contribution in [0.3, 0.4) is 0 Å². The van der Waals surface area contributed by atoms with E-state index in [4.69, 9.17) is 9.72 Å². The van der Waals surface area contributed by atoms with Crippen LogP contribution in [0.25, 0.3) is 11.0 Å². The van der Waals surface area contributed by atoms with Crippen LogP contribution in [0.4, 0.5) is 0 Å². The van der Waals surface area contributed by atoms with E-state index in [1.54, 1.807) is 0 Å². The van der Waals surface area contributed by atoms with Gasteiger partial charge in [-0.15, -0.1) is 0 Å². The number of carbonyl (C=O) groups is 1. The number of amides is 1. The van der Waals surface area contributed by atoms with E-state index in [0.29, 0.717) is 19.1 Å². The van der Waals surface area contributed by atoms with E-state index in [-0.39, 0.29) is 5.91 Å². The fourth-order valence-electron chi connectivity index (χ4n) is 3.93. The predicted molar refractivity (Wildman–Crippen MR) is 131 cm³/mol. The molecule has 5 nitrogen and oxygen atoms in total. The van der Waals surface area contributed by atoms with Crippen molar-refractivity contribution >= 4 is 16.9 Å². The van der Waals surface area contributed by atoms with Crippen molar-refractivity contribution < 1.29 is 9.53 Å². The lowest BCUT2D eigenvalue weighted by Gasteiger charge is -2.14. The molecule has 0 spiro atoms. The summed E-state index contributed by atoms with van der Waals surface area (Å²) in [5, 5.41) is 2.83. The first-order valence-corrected chi connectivity index (χ1v) is 11.7. The number of hydrogen-bond acceptors (Lipinski definition) is 3. The van der Waals surface area contributed by atoms with Gasteiger partial charge in [0.2, 0.25) is 5.91 Å². The quantitative estimate of drug-likeness (QED) is 0.280. The highest BCUT2D eigenvalue weighted by Crippen LogP contribution is 2.26. The van der Waals surface area contributed by atoms with Crippen LogP contribution in [0.5, 0.6) is 5.75 Å². The second-order valence-electron chi connectivity index (χ2n) is 8.37. The lowest BCUT2D eigenvalue weighted by molar-refractivity contribution is -0.116. The van der Waals surface area contributed by atoms with E-state index < -0.39 is 0 Å². The van der Waals surface area contributed by atoms with Crippen molar-refractivity contribution in [1.29, 1.82) is 0 Å². The van der Waals surface area contributed by atoms with Crippen LogP contribution < -0.4 is 10.1 Å². The molecule has 0 bridgehead atoms. The summed E-state index contributed by atoms with van der Waals surface area (Å²) in [5.41, 5.74) is 3.49. The fraction of sp³-hybridized carbons (Fsp3) is 0.407. The van der Waals surface area contributed by atoms with Crippen LogP contribution in [0.2, 0.25) is 0 Å². The Morgan fingerprint density at radius 3 is 2.69 bits per heavy atom. The summed E-state index contributed by atoms with van der Waals surface area (Å²) in [7, 11) is 0. The van der Waals surface area contributed by atoms with Gasteiger partial charge in [-0.25, -0.2) is 4.98 Å². The molecule has 3 aromatic rings.